The molecular weight excluding hydrogens is 348 g/mol. The van der Waals surface area contributed by atoms with Gasteiger partial charge in [-0.15, -0.1) is 11.3 Å². The summed E-state index contributed by atoms with van der Waals surface area (Å²) in [5.74, 6) is 0.539. The molecule has 1 aromatic heterocycles. The zero-order chi connectivity index (χ0) is 18.0. The molecule has 0 aromatic carbocycles. The Bertz CT molecular complexity index is 588. The predicted molar refractivity (Wildman–Crippen MR) is 102 cm³/mol. The molecule has 2 saturated carbocycles. The van der Waals surface area contributed by atoms with E-state index in [4.69, 9.17) is 4.74 Å². The van der Waals surface area contributed by atoms with Gasteiger partial charge in [-0.3, -0.25) is 9.69 Å². The van der Waals surface area contributed by atoms with E-state index in [2.05, 4.69) is 21.7 Å². The Morgan fingerprint density at radius 2 is 2.00 bits per heavy atom. The second-order valence-corrected chi connectivity index (χ2v) is 9.02. The molecule has 26 heavy (non-hydrogen) atoms. The maximum atomic E-state index is 13.6. The highest BCUT2D eigenvalue weighted by Gasteiger charge is 2.47. The predicted octanol–water partition coefficient (Wildman–Crippen LogP) is 2.71. The topological polar surface area (TPSA) is 61.8 Å². The molecule has 0 bridgehead atoms. The Hall–Kier alpha value is -0.950. The number of morpholine rings is 1. The Morgan fingerprint density at radius 1 is 1.27 bits per heavy atom. The molecule has 1 atom stereocenters. The number of hydrogen-bond acceptors (Lipinski definition) is 5. The first kappa shape index (κ1) is 18.4. The van der Waals surface area contributed by atoms with Crippen molar-refractivity contribution in [1.29, 1.82) is 0 Å². The molecule has 5 nitrogen and oxygen atoms in total. The minimum Gasteiger partial charge on any atom is -0.393 e. The molecule has 3 fully saturated rings. The minimum atomic E-state index is -0.375. The number of hydrogen-bond donors (Lipinski definition) is 2. The summed E-state index contributed by atoms with van der Waals surface area (Å²) in [5, 5.41) is 15.3. The fourth-order valence-electron chi connectivity index (χ4n) is 4.88. The van der Waals surface area contributed by atoms with Gasteiger partial charge < -0.3 is 15.2 Å². The minimum absolute atomic E-state index is 0.0331. The Balaban J connectivity index is 1.54. The van der Waals surface area contributed by atoms with E-state index < -0.39 is 0 Å². The Morgan fingerprint density at radius 3 is 2.62 bits per heavy atom. The van der Waals surface area contributed by atoms with Gasteiger partial charge in [-0.05, 0) is 43.0 Å². The van der Waals surface area contributed by atoms with E-state index in [0.29, 0.717) is 5.92 Å². The molecule has 0 radical (unpaired) electrons. The summed E-state index contributed by atoms with van der Waals surface area (Å²) in [4.78, 5) is 17.2. The molecule has 2 N–H and O–H groups in total. The first-order valence-corrected chi connectivity index (χ1v) is 10.9. The van der Waals surface area contributed by atoms with Crippen molar-refractivity contribution in [3.8, 4) is 0 Å². The molecule has 1 aromatic rings. The molecule has 0 spiro atoms. The standard InChI is InChI=1S/C20H30N2O3S/c23-16-13-15(14-16)18(17-5-4-12-26-17)21-19(24)20(6-2-1-3-7-20)22-8-10-25-11-9-22/h4-5,12,15-16,18,23H,1-3,6-11,13-14H2,(H,21,24). The number of rotatable bonds is 5. The van der Waals surface area contributed by atoms with Gasteiger partial charge in [0, 0.05) is 18.0 Å². The van der Waals surface area contributed by atoms with Crippen LogP contribution in [0.1, 0.15) is 55.9 Å². The molecule has 4 rings (SSSR count). The first-order valence-electron chi connectivity index (χ1n) is 10.0. The summed E-state index contributed by atoms with van der Waals surface area (Å²) in [7, 11) is 0. The van der Waals surface area contributed by atoms with Crippen LogP contribution in [0.3, 0.4) is 0 Å². The zero-order valence-corrected chi connectivity index (χ0v) is 16.2. The van der Waals surface area contributed by atoms with Crippen molar-refractivity contribution in [3.05, 3.63) is 22.4 Å². The number of amides is 1. The van der Waals surface area contributed by atoms with Crippen molar-refractivity contribution >= 4 is 17.2 Å². The number of ether oxygens (including phenoxy) is 1. The quantitative estimate of drug-likeness (QED) is 0.827. The van der Waals surface area contributed by atoms with Gasteiger partial charge in [0.15, 0.2) is 0 Å². The number of carbonyl (C=O) groups is 1. The van der Waals surface area contributed by atoms with Crippen LogP contribution < -0.4 is 5.32 Å². The van der Waals surface area contributed by atoms with Gasteiger partial charge in [0.1, 0.15) is 5.54 Å². The lowest BCUT2D eigenvalue weighted by molar-refractivity contribution is -0.142. The van der Waals surface area contributed by atoms with E-state index in [-0.39, 0.29) is 23.6 Å². The Labute approximate surface area is 159 Å². The van der Waals surface area contributed by atoms with Gasteiger partial charge in [-0.2, -0.15) is 0 Å². The third kappa shape index (κ3) is 3.57. The van der Waals surface area contributed by atoms with E-state index in [1.165, 1.54) is 11.3 Å². The number of nitrogens with one attached hydrogen (secondary N) is 1. The number of aliphatic hydroxyl groups excluding tert-OH is 1. The van der Waals surface area contributed by atoms with Crippen molar-refractivity contribution < 1.29 is 14.6 Å². The summed E-state index contributed by atoms with van der Waals surface area (Å²) >= 11 is 1.70. The largest absolute Gasteiger partial charge is 0.393 e. The maximum absolute atomic E-state index is 13.6. The molecular formula is C20H30N2O3S. The van der Waals surface area contributed by atoms with Crippen molar-refractivity contribution in [2.45, 2.75) is 62.6 Å². The summed E-state index contributed by atoms with van der Waals surface area (Å²) < 4.78 is 5.53. The normalized spacial score (nSPS) is 30.3. The molecule has 6 heteroatoms. The monoisotopic (exact) mass is 378 g/mol. The SMILES string of the molecule is O=C(NC(c1cccs1)C1CC(O)C1)C1(N2CCOCC2)CCCCC1. The zero-order valence-electron chi connectivity index (χ0n) is 15.4. The van der Waals surface area contributed by atoms with Crippen LogP contribution in [0.4, 0.5) is 0 Å². The summed E-state index contributed by atoms with van der Waals surface area (Å²) in [6, 6.07) is 4.19. The highest BCUT2D eigenvalue weighted by Crippen LogP contribution is 2.41. The van der Waals surface area contributed by atoms with Crippen LogP contribution in [0.15, 0.2) is 17.5 Å². The van der Waals surface area contributed by atoms with Crippen LogP contribution in [0.25, 0.3) is 0 Å². The lowest BCUT2D eigenvalue weighted by Crippen LogP contribution is -2.63. The molecule has 1 amide bonds. The smallest absolute Gasteiger partial charge is 0.241 e. The molecule has 2 aliphatic carbocycles. The van der Waals surface area contributed by atoms with Crippen LogP contribution in [-0.2, 0) is 9.53 Å². The van der Waals surface area contributed by atoms with Gasteiger partial charge in [0.25, 0.3) is 0 Å². The van der Waals surface area contributed by atoms with Crippen LogP contribution >= 0.6 is 11.3 Å². The lowest BCUT2D eigenvalue weighted by atomic mass is 9.75. The lowest BCUT2D eigenvalue weighted by Gasteiger charge is -2.48. The van der Waals surface area contributed by atoms with Crippen LogP contribution in [0.5, 0.6) is 0 Å². The molecule has 1 aliphatic heterocycles. The third-order valence-electron chi connectivity index (χ3n) is 6.48. The van der Waals surface area contributed by atoms with Gasteiger partial charge in [-0.1, -0.05) is 25.3 Å². The van der Waals surface area contributed by atoms with Crippen molar-refractivity contribution in [1.82, 2.24) is 10.2 Å². The highest BCUT2D eigenvalue weighted by atomic mass is 32.1. The van der Waals surface area contributed by atoms with Crippen LogP contribution in [-0.4, -0.2) is 53.9 Å². The van der Waals surface area contributed by atoms with Gasteiger partial charge in [0.05, 0.1) is 25.4 Å². The van der Waals surface area contributed by atoms with Gasteiger partial charge in [0.2, 0.25) is 5.91 Å². The Kier molecular flexibility index (Phi) is 5.64. The summed E-state index contributed by atoms with van der Waals surface area (Å²) in [6.07, 6.45) is 6.73. The number of thiophene rings is 1. The van der Waals surface area contributed by atoms with Crippen LogP contribution in [0.2, 0.25) is 0 Å². The second-order valence-electron chi connectivity index (χ2n) is 8.04. The van der Waals surface area contributed by atoms with E-state index in [9.17, 15) is 9.90 Å². The highest BCUT2D eigenvalue weighted by molar-refractivity contribution is 7.10. The van der Waals surface area contributed by atoms with Gasteiger partial charge in [-0.25, -0.2) is 0 Å². The number of nitrogens with zero attached hydrogens (tertiary/aromatic N) is 1. The van der Waals surface area contributed by atoms with Gasteiger partial charge >= 0.3 is 0 Å². The van der Waals surface area contributed by atoms with E-state index in [0.717, 1.165) is 64.8 Å². The molecule has 3 aliphatic rings. The first-order chi connectivity index (χ1) is 12.7. The van der Waals surface area contributed by atoms with Crippen LogP contribution in [0, 0.1) is 5.92 Å². The second kappa shape index (κ2) is 7.97. The average molecular weight is 379 g/mol. The van der Waals surface area contributed by atoms with Crippen molar-refractivity contribution in [2.24, 2.45) is 5.92 Å². The maximum Gasteiger partial charge on any atom is 0.241 e. The van der Waals surface area contributed by atoms with E-state index in [1.54, 1.807) is 11.3 Å². The fraction of sp³-hybridized carbons (Fsp3) is 0.750. The number of carbonyl (C=O) groups excluding carboxylic acids is 1. The average Bonchev–Trinajstić information content (AvgIpc) is 3.19. The van der Waals surface area contributed by atoms with Crippen molar-refractivity contribution in [2.75, 3.05) is 26.3 Å². The summed E-state index contributed by atoms with van der Waals surface area (Å²) in [5.41, 5.74) is -0.375. The molecule has 144 valence electrons. The third-order valence-corrected chi connectivity index (χ3v) is 7.43. The number of aliphatic hydroxyl groups is 1. The molecule has 1 saturated heterocycles. The molecule has 2 heterocycles. The van der Waals surface area contributed by atoms with E-state index >= 15 is 0 Å². The molecule has 1 unspecified atom stereocenters. The fourth-order valence-corrected chi connectivity index (χ4v) is 5.75. The van der Waals surface area contributed by atoms with E-state index in [1.807, 2.05) is 6.07 Å². The van der Waals surface area contributed by atoms with Crippen molar-refractivity contribution in [3.63, 3.8) is 0 Å². The summed E-state index contributed by atoms with van der Waals surface area (Å²) in [6.45, 7) is 3.13.